The Hall–Kier alpha value is -4.26. The summed E-state index contributed by atoms with van der Waals surface area (Å²) in [6, 6.07) is 18.9. The molecule has 0 atom stereocenters. The summed E-state index contributed by atoms with van der Waals surface area (Å²) in [5.74, 6) is -0.568. The Morgan fingerprint density at radius 2 is 1.97 bits per heavy atom. The van der Waals surface area contributed by atoms with Crippen LogP contribution in [0.2, 0.25) is 5.02 Å². The minimum atomic E-state index is -1.06. The second kappa shape index (κ2) is 11.9. The Morgan fingerprint density at radius 3 is 2.71 bits per heavy atom. The van der Waals surface area contributed by atoms with Gasteiger partial charge in [0.2, 0.25) is 0 Å². The molecule has 4 rings (SSSR count). The van der Waals surface area contributed by atoms with Gasteiger partial charge in [-0.15, -0.1) is 0 Å². The van der Waals surface area contributed by atoms with Gasteiger partial charge in [0.15, 0.2) is 16.7 Å². The average Bonchev–Trinajstić information content (AvgIpc) is 3.16. The number of likely N-dealkylation sites (N-methyl/N-ethyl adjacent to an activating group) is 1. The van der Waals surface area contributed by atoms with Crippen LogP contribution in [0.3, 0.4) is 0 Å². The molecule has 8 nitrogen and oxygen atoms in total. The van der Waals surface area contributed by atoms with Gasteiger partial charge in [-0.05, 0) is 66.7 Å². The number of carboxylic acids is 1. The standard InChI is InChI=1S/C28H22ClN3O5S/c1-3-36-23-12-17(11-22(29)25(23)37-16-20-8-5-4-7-19(20)15-30)13-24-26(33)32(2)28(38-24)31-21-10-6-9-18(14-21)27(34)35/h4-14H,3,16H2,1-2H3,(H,34,35). The molecule has 1 amide bonds. The highest BCUT2D eigenvalue weighted by Gasteiger charge is 2.30. The molecular formula is C28H22ClN3O5S. The Balaban J connectivity index is 1.60. The van der Waals surface area contributed by atoms with Crippen LogP contribution in [0.5, 0.6) is 11.5 Å². The number of nitrogens with zero attached hydrogens (tertiary/aromatic N) is 3. The number of benzene rings is 3. The Morgan fingerprint density at radius 1 is 1.18 bits per heavy atom. The highest BCUT2D eigenvalue weighted by molar-refractivity contribution is 8.18. The highest BCUT2D eigenvalue weighted by atomic mass is 35.5. The first kappa shape index (κ1) is 26.8. The van der Waals surface area contributed by atoms with Crippen molar-refractivity contribution in [2.75, 3.05) is 13.7 Å². The molecule has 0 spiro atoms. The average molecular weight is 548 g/mol. The highest BCUT2D eigenvalue weighted by Crippen LogP contribution is 2.40. The van der Waals surface area contributed by atoms with E-state index in [4.69, 9.17) is 21.1 Å². The van der Waals surface area contributed by atoms with Crippen LogP contribution in [0.25, 0.3) is 6.08 Å². The zero-order valence-corrected chi connectivity index (χ0v) is 22.0. The van der Waals surface area contributed by atoms with Gasteiger partial charge in [0.05, 0.1) is 39.4 Å². The summed E-state index contributed by atoms with van der Waals surface area (Å²) in [4.78, 5) is 30.4. The normalized spacial score (nSPS) is 15.1. The lowest BCUT2D eigenvalue weighted by molar-refractivity contribution is -0.121. The van der Waals surface area contributed by atoms with Gasteiger partial charge in [0, 0.05) is 12.6 Å². The van der Waals surface area contributed by atoms with Gasteiger partial charge in [-0.2, -0.15) is 5.26 Å². The second-order valence-corrected chi connectivity index (χ2v) is 9.46. The molecule has 3 aromatic rings. The number of hydrogen-bond donors (Lipinski definition) is 1. The summed E-state index contributed by atoms with van der Waals surface area (Å²) in [7, 11) is 1.60. The van der Waals surface area contributed by atoms with Crippen molar-refractivity contribution in [2.24, 2.45) is 4.99 Å². The molecule has 1 aliphatic rings. The van der Waals surface area contributed by atoms with Crippen LogP contribution in [-0.4, -0.2) is 40.7 Å². The van der Waals surface area contributed by atoms with Gasteiger partial charge in [-0.25, -0.2) is 9.79 Å². The molecule has 0 unspecified atom stereocenters. The van der Waals surface area contributed by atoms with E-state index in [9.17, 15) is 20.0 Å². The van der Waals surface area contributed by atoms with Crippen molar-refractivity contribution >= 4 is 52.2 Å². The maximum Gasteiger partial charge on any atom is 0.335 e. The number of carbonyl (C=O) groups is 2. The molecule has 192 valence electrons. The lowest BCUT2D eigenvalue weighted by Crippen LogP contribution is -2.23. The zero-order chi connectivity index (χ0) is 27.2. The fraction of sp³-hybridized carbons (Fsp3) is 0.143. The molecule has 0 radical (unpaired) electrons. The summed E-state index contributed by atoms with van der Waals surface area (Å²) in [5, 5.41) is 19.3. The monoisotopic (exact) mass is 547 g/mol. The van der Waals surface area contributed by atoms with Gasteiger partial charge >= 0.3 is 5.97 Å². The van der Waals surface area contributed by atoms with Crippen molar-refractivity contribution in [3.8, 4) is 17.6 Å². The van der Waals surface area contributed by atoms with Crippen LogP contribution in [0.15, 0.2) is 70.6 Å². The molecule has 0 aromatic heterocycles. The number of ether oxygens (including phenoxy) is 2. The number of amides is 1. The number of halogens is 1. The molecule has 1 N–H and O–H groups in total. The number of aliphatic imine (C=N–C) groups is 1. The Bertz CT molecular complexity index is 1510. The third-order valence-corrected chi connectivity index (χ3v) is 6.80. The summed E-state index contributed by atoms with van der Waals surface area (Å²) in [5.41, 5.74) is 2.39. The summed E-state index contributed by atoms with van der Waals surface area (Å²) < 4.78 is 11.7. The topological polar surface area (TPSA) is 112 Å². The Kier molecular flexibility index (Phi) is 8.36. The van der Waals surface area contributed by atoms with E-state index in [1.165, 1.54) is 28.8 Å². The molecule has 1 aliphatic heterocycles. The molecule has 1 saturated heterocycles. The number of carbonyl (C=O) groups excluding carboxylic acids is 1. The molecule has 1 heterocycles. The van der Waals surface area contributed by atoms with Crippen LogP contribution in [0.1, 0.15) is 34.0 Å². The number of rotatable bonds is 8. The molecule has 10 heteroatoms. The minimum absolute atomic E-state index is 0.108. The van der Waals surface area contributed by atoms with E-state index in [0.717, 1.165) is 5.56 Å². The maximum absolute atomic E-state index is 12.9. The van der Waals surface area contributed by atoms with Gasteiger partial charge in [0.1, 0.15) is 6.61 Å². The van der Waals surface area contributed by atoms with Gasteiger partial charge in [-0.1, -0.05) is 35.9 Å². The lowest BCUT2D eigenvalue weighted by Gasteiger charge is -2.15. The van der Waals surface area contributed by atoms with Crippen LogP contribution in [-0.2, 0) is 11.4 Å². The number of amidine groups is 1. The van der Waals surface area contributed by atoms with Crippen molar-refractivity contribution < 1.29 is 24.2 Å². The molecule has 0 aliphatic carbocycles. The minimum Gasteiger partial charge on any atom is -0.490 e. The number of carboxylic acid groups (broad SMARTS) is 1. The van der Waals surface area contributed by atoms with E-state index in [1.54, 1.807) is 49.5 Å². The zero-order valence-electron chi connectivity index (χ0n) is 20.5. The summed E-state index contributed by atoms with van der Waals surface area (Å²) >= 11 is 7.73. The molecule has 1 fully saturated rings. The van der Waals surface area contributed by atoms with E-state index in [0.29, 0.717) is 50.0 Å². The fourth-order valence-electron chi connectivity index (χ4n) is 3.60. The number of aromatic carboxylic acids is 1. The summed E-state index contributed by atoms with van der Waals surface area (Å²) in [6.07, 6.45) is 1.68. The van der Waals surface area contributed by atoms with Crippen molar-refractivity contribution in [3.05, 3.63) is 92.8 Å². The van der Waals surface area contributed by atoms with E-state index >= 15 is 0 Å². The smallest absolute Gasteiger partial charge is 0.335 e. The number of nitriles is 1. The van der Waals surface area contributed by atoms with E-state index in [2.05, 4.69) is 11.1 Å². The molecule has 3 aromatic carbocycles. The van der Waals surface area contributed by atoms with E-state index in [1.807, 2.05) is 19.1 Å². The fourth-order valence-corrected chi connectivity index (χ4v) is 4.86. The van der Waals surface area contributed by atoms with Crippen molar-refractivity contribution in [1.29, 1.82) is 5.26 Å². The first-order chi connectivity index (χ1) is 18.3. The van der Waals surface area contributed by atoms with E-state index < -0.39 is 5.97 Å². The van der Waals surface area contributed by atoms with Gasteiger partial charge in [-0.3, -0.25) is 9.69 Å². The van der Waals surface area contributed by atoms with Crippen molar-refractivity contribution in [2.45, 2.75) is 13.5 Å². The first-order valence-corrected chi connectivity index (χ1v) is 12.7. The molecular weight excluding hydrogens is 526 g/mol. The van der Waals surface area contributed by atoms with Crippen molar-refractivity contribution in [3.63, 3.8) is 0 Å². The van der Waals surface area contributed by atoms with Crippen LogP contribution < -0.4 is 9.47 Å². The van der Waals surface area contributed by atoms with Gasteiger partial charge < -0.3 is 14.6 Å². The third-order valence-electron chi connectivity index (χ3n) is 5.46. The molecule has 38 heavy (non-hydrogen) atoms. The SMILES string of the molecule is CCOc1cc(C=C2SC(=Nc3cccc(C(=O)O)c3)N(C)C2=O)cc(Cl)c1OCc1ccccc1C#N. The van der Waals surface area contributed by atoms with Gasteiger partial charge in [0.25, 0.3) is 5.91 Å². The number of thioether (sulfide) groups is 1. The largest absolute Gasteiger partial charge is 0.490 e. The molecule has 0 bridgehead atoms. The third kappa shape index (κ3) is 5.99. The number of hydrogen-bond acceptors (Lipinski definition) is 7. The Labute approximate surface area is 228 Å². The van der Waals surface area contributed by atoms with Crippen LogP contribution >= 0.6 is 23.4 Å². The van der Waals surface area contributed by atoms with E-state index in [-0.39, 0.29) is 18.1 Å². The molecule has 0 saturated carbocycles. The predicted molar refractivity (Wildman–Crippen MR) is 147 cm³/mol. The van der Waals surface area contributed by atoms with Crippen LogP contribution in [0, 0.1) is 11.3 Å². The first-order valence-electron chi connectivity index (χ1n) is 11.5. The summed E-state index contributed by atoms with van der Waals surface area (Å²) in [6.45, 7) is 2.33. The maximum atomic E-state index is 12.9. The lowest BCUT2D eigenvalue weighted by atomic mass is 10.1. The second-order valence-electron chi connectivity index (χ2n) is 8.05. The predicted octanol–water partition coefficient (Wildman–Crippen LogP) is 6.12. The van der Waals surface area contributed by atoms with Crippen molar-refractivity contribution in [1.82, 2.24) is 4.90 Å². The quantitative estimate of drug-likeness (QED) is 0.338. The van der Waals surface area contributed by atoms with Crippen LogP contribution in [0.4, 0.5) is 5.69 Å².